The van der Waals surface area contributed by atoms with Crippen LogP contribution in [0.5, 0.6) is 0 Å². The van der Waals surface area contributed by atoms with E-state index in [4.69, 9.17) is 5.73 Å². The van der Waals surface area contributed by atoms with E-state index in [-0.39, 0.29) is 16.7 Å². The Bertz CT molecular complexity index is 442. The minimum Gasteiger partial charge on any atom is -0.364 e. The number of benzene rings is 1. The standard InChI is InChI=1S/C11H14IN3O2/c1-7-5-14(6-9(7)13)10-3-2-8(12)4-11(10)15(16)17/h2-4,7,9H,5-6,13H2,1H3. The van der Waals surface area contributed by atoms with Crippen molar-refractivity contribution >= 4 is 34.0 Å². The first kappa shape index (κ1) is 12.6. The van der Waals surface area contributed by atoms with Crippen molar-refractivity contribution in [2.75, 3.05) is 18.0 Å². The predicted molar refractivity (Wildman–Crippen MR) is 75.2 cm³/mol. The van der Waals surface area contributed by atoms with Gasteiger partial charge in [0.1, 0.15) is 5.69 Å². The summed E-state index contributed by atoms with van der Waals surface area (Å²) in [6.07, 6.45) is 0. The second-order valence-electron chi connectivity index (χ2n) is 4.44. The van der Waals surface area contributed by atoms with E-state index >= 15 is 0 Å². The van der Waals surface area contributed by atoms with Gasteiger partial charge >= 0.3 is 0 Å². The number of nitrogens with zero attached hydrogens (tertiary/aromatic N) is 2. The summed E-state index contributed by atoms with van der Waals surface area (Å²) in [6, 6.07) is 5.39. The van der Waals surface area contributed by atoms with Crippen molar-refractivity contribution in [2.45, 2.75) is 13.0 Å². The summed E-state index contributed by atoms with van der Waals surface area (Å²) >= 11 is 2.08. The summed E-state index contributed by atoms with van der Waals surface area (Å²) in [4.78, 5) is 12.7. The molecule has 1 fully saturated rings. The number of hydrogen-bond acceptors (Lipinski definition) is 4. The maximum Gasteiger partial charge on any atom is 0.293 e. The van der Waals surface area contributed by atoms with Gasteiger partial charge in [-0.25, -0.2) is 0 Å². The molecule has 2 rings (SSSR count). The Kier molecular flexibility index (Phi) is 3.53. The molecule has 0 bridgehead atoms. The number of anilines is 1. The second-order valence-corrected chi connectivity index (χ2v) is 5.68. The molecule has 0 aliphatic carbocycles. The van der Waals surface area contributed by atoms with E-state index in [2.05, 4.69) is 29.5 Å². The Balaban J connectivity index is 2.36. The van der Waals surface area contributed by atoms with E-state index in [1.54, 1.807) is 6.07 Å². The fourth-order valence-electron chi connectivity index (χ4n) is 2.10. The topological polar surface area (TPSA) is 72.4 Å². The third-order valence-corrected chi connectivity index (χ3v) is 3.82. The summed E-state index contributed by atoms with van der Waals surface area (Å²) in [5.41, 5.74) is 6.79. The molecule has 2 unspecified atom stereocenters. The van der Waals surface area contributed by atoms with Crippen LogP contribution in [0.4, 0.5) is 11.4 Å². The molecule has 2 N–H and O–H groups in total. The smallest absolute Gasteiger partial charge is 0.293 e. The van der Waals surface area contributed by atoms with E-state index in [1.807, 2.05) is 17.0 Å². The third kappa shape index (κ3) is 2.52. The van der Waals surface area contributed by atoms with Gasteiger partial charge in [-0.2, -0.15) is 0 Å². The molecule has 2 atom stereocenters. The van der Waals surface area contributed by atoms with Gasteiger partial charge in [-0.3, -0.25) is 10.1 Å². The van der Waals surface area contributed by atoms with Crippen LogP contribution >= 0.6 is 22.6 Å². The highest BCUT2D eigenvalue weighted by Gasteiger charge is 2.30. The van der Waals surface area contributed by atoms with Crippen molar-refractivity contribution in [3.05, 3.63) is 31.9 Å². The van der Waals surface area contributed by atoms with Crippen molar-refractivity contribution < 1.29 is 4.92 Å². The van der Waals surface area contributed by atoms with E-state index in [0.717, 1.165) is 10.1 Å². The van der Waals surface area contributed by atoms with Crippen LogP contribution in [-0.2, 0) is 0 Å². The molecule has 0 radical (unpaired) electrons. The highest BCUT2D eigenvalue weighted by atomic mass is 127. The zero-order chi connectivity index (χ0) is 12.6. The Morgan fingerprint density at radius 3 is 2.76 bits per heavy atom. The number of nitro benzene ring substituents is 1. The molecule has 1 aromatic rings. The zero-order valence-corrected chi connectivity index (χ0v) is 11.6. The van der Waals surface area contributed by atoms with E-state index < -0.39 is 0 Å². The van der Waals surface area contributed by atoms with E-state index in [9.17, 15) is 10.1 Å². The SMILES string of the molecule is CC1CN(c2ccc(I)cc2[N+](=O)[O-])CC1N. The third-order valence-electron chi connectivity index (χ3n) is 3.15. The summed E-state index contributed by atoms with van der Waals surface area (Å²) < 4.78 is 0.870. The molecule has 1 saturated heterocycles. The van der Waals surface area contributed by atoms with Crippen LogP contribution in [0.2, 0.25) is 0 Å². The molecule has 6 heteroatoms. The maximum absolute atomic E-state index is 11.0. The first-order valence-corrected chi connectivity index (χ1v) is 6.51. The van der Waals surface area contributed by atoms with Crippen LogP contribution in [0.3, 0.4) is 0 Å². The summed E-state index contributed by atoms with van der Waals surface area (Å²) in [5.74, 6) is 0.369. The Hall–Kier alpha value is -0.890. The normalized spacial score (nSPS) is 24.1. The molecule has 0 saturated carbocycles. The van der Waals surface area contributed by atoms with Crippen LogP contribution in [0.1, 0.15) is 6.92 Å². The monoisotopic (exact) mass is 347 g/mol. The van der Waals surface area contributed by atoms with Crippen LogP contribution in [-0.4, -0.2) is 24.1 Å². The van der Waals surface area contributed by atoms with E-state index in [1.165, 1.54) is 0 Å². The highest BCUT2D eigenvalue weighted by molar-refractivity contribution is 14.1. The molecular formula is C11H14IN3O2. The lowest BCUT2D eigenvalue weighted by Crippen LogP contribution is -2.28. The largest absolute Gasteiger partial charge is 0.364 e. The van der Waals surface area contributed by atoms with Gasteiger partial charge < -0.3 is 10.6 Å². The Labute approximate surface area is 113 Å². The molecule has 0 aromatic heterocycles. The zero-order valence-electron chi connectivity index (χ0n) is 9.47. The lowest BCUT2D eigenvalue weighted by Gasteiger charge is -2.18. The Morgan fingerprint density at radius 2 is 2.24 bits per heavy atom. The lowest BCUT2D eigenvalue weighted by molar-refractivity contribution is -0.384. The molecule has 92 valence electrons. The summed E-state index contributed by atoms with van der Waals surface area (Å²) in [7, 11) is 0. The maximum atomic E-state index is 11.0. The molecule has 17 heavy (non-hydrogen) atoms. The highest BCUT2D eigenvalue weighted by Crippen LogP contribution is 2.32. The van der Waals surface area contributed by atoms with Gasteiger partial charge in [0.25, 0.3) is 5.69 Å². The molecule has 5 nitrogen and oxygen atoms in total. The fourth-order valence-corrected chi connectivity index (χ4v) is 2.57. The number of nitrogens with two attached hydrogens (primary N) is 1. The van der Waals surface area contributed by atoms with Crippen LogP contribution in [0, 0.1) is 19.6 Å². The lowest BCUT2D eigenvalue weighted by atomic mass is 10.1. The quantitative estimate of drug-likeness (QED) is 0.505. The minimum absolute atomic E-state index is 0.0916. The van der Waals surface area contributed by atoms with Crippen molar-refractivity contribution in [1.29, 1.82) is 0 Å². The van der Waals surface area contributed by atoms with Gasteiger partial charge in [0.15, 0.2) is 0 Å². The van der Waals surface area contributed by atoms with Gasteiger partial charge in [-0.15, -0.1) is 0 Å². The number of hydrogen-bond donors (Lipinski definition) is 1. The van der Waals surface area contributed by atoms with Crippen molar-refractivity contribution in [2.24, 2.45) is 11.7 Å². The summed E-state index contributed by atoms with van der Waals surface area (Å²) in [5, 5.41) is 11.0. The minimum atomic E-state index is -0.327. The molecule has 0 spiro atoms. The van der Waals surface area contributed by atoms with Crippen molar-refractivity contribution in [3.63, 3.8) is 0 Å². The number of nitro groups is 1. The average molecular weight is 347 g/mol. The summed E-state index contributed by atoms with van der Waals surface area (Å²) in [6.45, 7) is 3.54. The average Bonchev–Trinajstić information content (AvgIpc) is 2.59. The second kappa shape index (κ2) is 4.77. The molecule has 0 amide bonds. The molecular weight excluding hydrogens is 333 g/mol. The number of halogens is 1. The van der Waals surface area contributed by atoms with Gasteiger partial charge in [-0.05, 0) is 40.6 Å². The van der Waals surface area contributed by atoms with Crippen molar-refractivity contribution in [3.8, 4) is 0 Å². The fraction of sp³-hybridized carbons (Fsp3) is 0.455. The molecule has 1 heterocycles. The van der Waals surface area contributed by atoms with E-state index in [0.29, 0.717) is 18.2 Å². The first-order chi connectivity index (χ1) is 7.99. The van der Waals surface area contributed by atoms with Crippen molar-refractivity contribution in [1.82, 2.24) is 0 Å². The molecule has 1 aliphatic rings. The first-order valence-electron chi connectivity index (χ1n) is 5.43. The molecule has 1 aliphatic heterocycles. The predicted octanol–water partition coefficient (Wildman–Crippen LogP) is 1.98. The van der Waals surface area contributed by atoms with Crippen LogP contribution in [0.25, 0.3) is 0 Å². The molecule has 1 aromatic carbocycles. The van der Waals surface area contributed by atoms with Crippen LogP contribution < -0.4 is 10.6 Å². The van der Waals surface area contributed by atoms with Gasteiger partial charge in [0, 0.05) is 28.8 Å². The van der Waals surface area contributed by atoms with Gasteiger partial charge in [0.05, 0.1) is 4.92 Å². The van der Waals surface area contributed by atoms with Gasteiger partial charge in [0.2, 0.25) is 0 Å². The van der Waals surface area contributed by atoms with Crippen LogP contribution in [0.15, 0.2) is 18.2 Å². The number of rotatable bonds is 2. The van der Waals surface area contributed by atoms with Gasteiger partial charge in [-0.1, -0.05) is 6.92 Å². The Morgan fingerprint density at radius 1 is 1.53 bits per heavy atom.